The Labute approximate surface area is 151 Å². The van der Waals surface area contributed by atoms with Gasteiger partial charge in [0.2, 0.25) is 0 Å². The van der Waals surface area contributed by atoms with Crippen LogP contribution >= 0.6 is 11.8 Å². The maximum Gasteiger partial charge on any atom is 0.408 e. The van der Waals surface area contributed by atoms with Crippen LogP contribution < -0.4 is 5.32 Å². The van der Waals surface area contributed by atoms with E-state index in [-0.39, 0.29) is 11.9 Å². The molecule has 0 aliphatic carbocycles. The number of rotatable bonds is 8. The molecule has 2 aromatic rings. The van der Waals surface area contributed by atoms with Gasteiger partial charge >= 0.3 is 12.1 Å². The molecule has 132 valence electrons. The van der Waals surface area contributed by atoms with Crippen molar-refractivity contribution in [3.05, 3.63) is 71.8 Å². The van der Waals surface area contributed by atoms with Gasteiger partial charge in [-0.25, -0.2) is 9.59 Å². The van der Waals surface area contributed by atoms with E-state index >= 15 is 0 Å². The van der Waals surface area contributed by atoms with Gasteiger partial charge in [-0.05, 0) is 11.1 Å². The summed E-state index contributed by atoms with van der Waals surface area (Å²) in [5, 5.41) is 11.5. The zero-order valence-corrected chi connectivity index (χ0v) is 14.7. The first-order valence-corrected chi connectivity index (χ1v) is 8.96. The highest BCUT2D eigenvalue weighted by Gasteiger charge is 2.27. The lowest BCUT2D eigenvalue weighted by Gasteiger charge is -2.21. The van der Waals surface area contributed by atoms with Crippen LogP contribution in [0.15, 0.2) is 60.7 Å². The Morgan fingerprint density at radius 3 is 2.16 bits per heavy atom. The summed E-state index contributed by atoms with van der Waals surface area (Å²) in [5.41, 5.74) is 1.95. The van der Waals surface area contributed by atoms with Crippen molar-refractivity contribution in [1.82, 2.24) is 5.32 Å². The Morgan fingerprint density at radius 1 is 1.04 bits per heavy atom. The van der Waals surface area contributed by atoms with Gasteiger partial charge in [-0.3, -0.25) is 0 Å². The van der Waals surface area contributed by atoms with Crippen LogP contribution in [0, 0.1) is 0 Å². The van der Waals surface area contributed by atoms with Crippen molar-refractivity contribution in [2.24, 2.45) is 0 Å². The molecular formula is C19H21NO4S. The van der Waals surface area contributed by atoms with Crippen molar-refractivity contribution in [2.75, 3.05) is 0 Å². The summed E-state index contributed by atoms with van der Waals surface area (Å²) < 4.78 is 5.10. The molecule has 6 heteroatoms. The molecule has 2 rings (SSSR count). The Kier molecular flexibility index (Phi) is 7.35. The molecule has 2 N–H and O–H groups in total. The van der Waals surface area contributed by atoms with E-state index in [9.17, 15) is 14.7 Å². The average Bonchev–Trinajstić information content (AvgIpc) is 2.64. The quantitative estimate of drug-likeness (QED) is 0.752. The molecule has 0 aliphatic heterocycles. The third-order valence-electron chi connectivity index (χ3n) is 3.58. The minimum atomic E-state index is -1.08. The number of nitrogens with one attached hydrogen (secondary N) is 1. The van der Waals surface area contributed by atoms with E-state index in [1.165, 1.54) is 11.8 Å². The molecule has 0 spiro atoms. The standard InChI is InChI=1S/C19H21NO4S/c1-14(25-13-16-10-6-3-7-11-16)17(18(21)22)20-19(23)24-12-15-8-4-2-5-9-15/h2-11,14,17H,12-13H2,1H3,(H,20,23)(H,21,22)/t14-,17+/m0/s1. The van der Waals surface area contributed by atoms with E-state index < -0.39 is 18.1 Å². The van der Waals surface area contributed by atoms with Crippen molar-refractivity contribution >= 4 is 23.8 Å². The predicted molar refractivity (Wildman–Crippen MR) is 98.4 cm³/mol. The second-order valence-electron chi connectivity index (χ2n) is 5.52. The van der Waals surface area contributed by atoms with Gasteiger partial charge in [0.1, 0.15) is 12.6 Å². The molecule has 0 saturated heterocycles. The maximum absolute atomic E-state index is 11.9. The molecule has 0 fully saturated rings. The van der Waals surface area contributed by atoms with Gasteiger partial charge in [0, 0.05) is 11.0 Å². The summed E-state index contributed by atoms with van der Waals surface area (Å²) in [4.78, 5) is 23.4. The summed E-state index contributed by atoms with van der Waals surface area (Å²) in [6.07, 6.45) is -0.733. The number of carboxylic acids is 1. The first-order valence-electron chi connectivity index (χ1n) is 7.92. The van der Waals surface area contributed by atoms with Gasteiger partial charge in [0.05, 0.1) is 0 Å². The van der Waals surface area contributed by atoms with Crippen LogP contribution in [0.25, 0.3) is 0 Å². The monoisotopic (exact) mass is 359 g/mol. The highest BCUT2D eigenvalue weighted by atomic mass is 32.2. The molecular weight excluding hydrogens is 338 g/mol. The topological polar surface area (TPSA) is 75.6 Å². The van der Waals surface area contributed by atoms with Gasteiger partial charge in [-0.2, -0.15) is 11.8 Å². The lowest BCUT2D eigenvalue weighted by molar-refractivity contribution is -0.139. The number of carbonyl (C=O) groups excluding carboxylic acids is 1. The second kappa shape index (κ2) is 9.74. The van der Waals surface area contributed by atoms with Crippen LogP contribution in [0.3, 0.4) is 0 Å². The summed E-state index contributed by atoms with van der Waals surface area (Å²) >= 11 is 1.47. The molecule has 0 heterocycles. The summed E-state index contributed by atoms with van der Waals surface area (Å²) in [6, 6.07) is 18.0. The molecule has 5 nitrogen and oxygen atoms in total. The third-order valence-corrected chi connectivity index (χ3v) is 4.88. The highest BCUT2D eigenvalue weighted by Crippen LogP contribution is 2.20. The third kappa shape index (κ3) is 6.51. The molecule has 0 bridgehead atoms. The molecule has 0 aromatic heterocycles. The number of aliphatic carboxylic acids is 1. The van der Waals surface area contributed by atoms with E-state index in [1.54, 1.807) is 6.92 Å². The fourth-order valence-corrected chi connectivity index (χ4v) is 3.19. The fraction of sp³-hybridized carbons (Fsp3) is 0.263. The molecule has 2 aromatic carbocycles. The van der Waals surface area contributed by atoms with Crippen LogP contribution in [-0.4, -0.2) is 28.5 Å². The van der Waals surface area contributed by atoms with Crippen LogP contribution in [0.5, 0.6) is 0 Å². The number of hydrogen-bond acceptors (Lipinski definition) is 4. The first-order chi connectivity index (χ1) is 12.1. The van der Waals surface area contributed by atoms with E-state index in [0.29, 0.717) is 5.75 Å². The number of thioether (sulfide) groups is 1. The van der Waals surface area contributed by atoms with Crippen LogP contribution in [0.4, 0.5) is 4.79 Å². The van der Waals surface area contributed by atoms with E-state index in [2.05, 4.69) is 5.32 Å². The predicted octanol–water partition coefficient (Wildman–Crippen LogP) is 3.69. The summed E-state index contributed by atoms with van der Waals surface area (Å²) in [5.74, 6) is -0.406. The lowest BCUT2D eigenvalue weighted by Crippen LogP contribution is -2.46. The van der Waals surface area contributed by atoms with E-state index in [1.807, 2.05) is 60.7 Å². The summed E-state index contributed by atoms with van der Waals surface area (Å²) in [6.45, 7) is 1.88. The van der Waals surface area contributed by atoms with Crippen molar-refractivity contribution in [1.29, 1.82) is 0 Å². The van der Waals surface area contributed by atoms with Crippen molar-refractivity contribution < 1.29 is 19.4 Å². The van der Waals surface area contributed by atoms with Gasteiger partial charge in [-0.1, -0.05) is 67.6 Å². The Morgan fingerprint density at radius 2 is 1.60 bits per heavy atom. The second-order valence-corrected chi connectivity index (χ2v) is 6.89. The molecule has 0 aliphatic rings. The molecule has 0 saturated carbocycles. The average molecular weight is 359 g/mol. The molecule has 1 amide bonds. The minimum Gasteiger partial charge on any atom is -0.480 e. The highest BCUT2D eigenvalue weighted by molar-refractivity contribution is 7.99. The minimum absolute atomic E-state index is 0.102. The maximum atomic E-state index is 11.9. The first kappa shape index (κ1) is 18.9. The molecule has 25 heavy (non-hydrogen) atoms. The van der Waals surface area contributed by atoms with Crippen LogP contribution in [0.1, 0.15) is 18.1 Å². The van der Waals surface area contributed by atoms with Gasteiger partial charge < -0.3 is 15.2 Å². The number of amides is 1. The fourth-order valence-electron chi connectivity index (χ4n) is 2.17. The molecule has 2 atom stereocenters. The van der Waals surface area contributed by atoms with Crippen LogP contribution in [0.2, 0.25) is 0 Å². The van der Waals surface area contributed by atoms with E-state index in [4.69, 9.17) is 4.74 Å². The smallest absolute Gasteiger partial charge is 0.408 e. The number of ether oxygens (including phenoxy) is 1. The number of benzene rings is 2. The van der Waals surface area contributed by atoms with Crippen LogP contribution in [-0.2, 0) is 21.9 Å². The van der Waals surface area contributed by atoms with Crippen molar-refractivity contribution in [3.8, 4) is 0 Å². The molecule has 0 unspecified atom stereocenters. The van der Waals surface area contributed by atoms with E-state index in [0.717, 1.165) is 11.1 Å². The Hall–Kier alpha value is -2.47. The number of hydrogen-bond donors (Lipinski definition) is 2. The Bertz CT molecular complexity index is 678. The Balaban J connectivity index is 1.84. The number of alkyl carbamates (subject to hydrolysis) is 1. The zero-order valence-electron chi connectivity index (χ0n) is 13.9. The van der Waals surface area contributed by atoms with Gasteiger partial charge in [0.15, 0.2) is 0 Å². The number of carbonyl (C=O) groups is 2. The number of carboxylic acid groups (broad SMARTS) is 1. The van der Waals surface area contributed by atoms with Crippen molar-refractivity contribution in [2.45, 2.75) is 30.6 Å². The molecule has 0 radical (unpaired) electrons. The summed E-state index contributed by atoms with van der Waals surface area (Å²) in [7, 11) is 0. The lowest BCUT2D eigenvalue weighted by atomic mass is 10.2. The van der Waals surface area contributed by atoms with Crippen molar-refractivity contribution in [3.63, 3.8) is 0 Å². The van der Waals surface area contributed by atoms with Gasteiger partial charge in [0.25, 0.3) is 0 Å². The van der Waals surface area contributed by atoms with Gasteiger partial charge in [-0.15, -0.1) is 0 Å². The normalized spacial score (nSPS) is 12.8. The zero-order chi connectivity index (χ0) is 18.1. The largest absolute Gasteiger partial charge is 0.480 e. The SMILES string of the molecule is C[C@H](SCc1ccccc1)[C@@H](NC(=O)OCc1ccccc1)C(=O)O.